The smallest absolute Gasteiger partial charge is 0.364 e. The molecular weight excluding hydrogens is 898 g/mol. The van der Waals surface area contributed by atoms with E-state index in [1.54, 1.807) is 0 Å². The van der Waals surface area contributed by atoms with Crippen molar-refractivity contribution in [2.75, 3.05) is 33.0 Å². The predicted octanol–water partition coefficient (Wildman–Crippen LogP) is -12.6. The molecule has 5 saturated heterocycles. The van der Waals surface area contributed by atoms with Gasteiger partial charge in [0.1, 0.15) is 122 Å². The van der Waals surface area contributed by atoms with Crippen LogP contribution in [0.5, 0.6) is 0 Å². The minimum Gasteiger partial charge on any atom is -0.477 e. The average molecular weight is 958 g/mol. The summed E-state index contributed by atoms with van der Waals surface area (Å²) in [5.74, 6) is -6.38. The zero-order valence-corrected chi connectivity index (χ0v) is 34.2. The molecule has 0 aromatic rings. The highest BCUT2D eigenvalue weighted by atomic mass is 16.8. The Morgan fingerprint density at radius 1 is 0.600 bits per heavy atom. The summed E-state index contributed by atoms with van der Waals surface area (Å²) in [5.41, 5.74) is 0. The monoisotopic (exact) mass is 957 g/mol. The number of carbonyl (C=O) groups is 2. The number of nitrogens with one attached hydrogen (secondary N) is 1. The lowest BCUT2D eigenvalue weighted by atomic mass is 9.90. The van der Waals surface area contributed by atoms with Gasteiger partial charge in [0.05, 0.1) is 39.1 Å². The first-order chi connectivity index (χ1) is 30.6. The van der Waals surface area contributed by atoms with Crippen molar-refractivity contribution in [3.8, 4) is 0 Å². The number of hydrogen-bond donors (Lipinski definition) is 19. The molecule has 5 aliphatic rings. The van der Waals surface area contributed by atoms with Crippen molar-refractivity contribution in [3.63, 3.8) is 0 Å². The summed E-state index contributed by atoms with van der Waals surface area (Å²) in [6.07, 6.45) is -50.8. The number of aliphatic carboxylic acids is 1. The molecule has 5 heterocycles. The molecule has 5 fully saturated rings. The van der Waals surface area contributed by atoms with Crippen molar-refractivity contribution in [3.05, 3.63) is 0 Å². The fraction of sp³-hybridized carbons (Fsp3) is 0.943. The van der Waals surface area contributed by atoms with Crippen LogP contribution < -0.4 is 5.32 Å². The van der Waals surface area contributed by atoms with E-state index in [-0.39, 0.29) is 0 Å². The van der Waals surface area contributed by atoms with Crippen LogP contribution in [0.3, 0.4) is 0 Å². The number of aliphatic hydroxyl groups is 17. The summed E-state index contributed by atoms with van der Waals surface area (Å²) in [6.45, 7) is -4.42. The first-order valence-electron chi connectivity index (χ1n) is 20.2. The second-order valence-electron chi connectivity index (χ2n) is 16.1. The standard InChI is InChI=1S/C35H59NO29/c1-8(42)36-15-27(63-32-23(52)20(49)18(47)11(4-38)59-32)19(48)12(5-39)58-31(15)62-26-14(7-41)60-33(61-25-13(6-40)57-30(54)22(51)21(25)50)24(53)29(26)65-35(34(55)56)2-9(43)16(45)28(64-35)17(46)10(44)3-37/h9-33,37-41,43-54H,2-7H2,1H3,(H,36,42)(H,55,56)/t9-,10+,11+,12+,13+,14+,15+,16+,17+,18-,19+,20-,21+,22+,23+,24+,25+,26-,27+,28+,29+,30+,31-,32-,33-,35-/m0/s1. The van der Waals surface area contributed by atoms with Gasteiger partial charge in [-0.25, -0.2) is 4.79 Å². The van der Waals surface area contributed by atoms with Gasteiger partial charge in [-0.3, -0.25) is 4.79 Å². The Bertz CT molecular complexity index is 1530. The van der Waals surface area contributed by atoms with Gasteiger partial charge in [0, 0.05) is 13.3 Å². The number of carbonyl (C=O) groups excluding carboxylic acids is 1. The molecule has 0 saturated carbocycles. The third kappa shape index (κ3) is 11.2. The maximum absolute atomic E-state index is 13.2. The second-order valence-corrected chi connectivity index (χ2v) is 16.1. The Labute approximate surface area is 366 Å². The summed E-state index contributed by atoms with van der Waals surface area (Å²) in [6, 6.07) is -1.85. The Balaban J connectivity index is 1.58. The van der Waals surface area contributed by atoms with Gasteiger partial charge in [-0.15, -0.1) is 0 Å². The summed E-state index contributed by atoms with van der Waals surface area (Å²) in [7, 11) is 0. The number of amides is 1. The molecule has 0 aliphatic carbocycles. The van der Waals surface area contributed by atoms with Crippen LogP contribution in [-0.4, -0.2) is 296 Å². The van der Waals surface area contributed by atoms with E-state index in [1.807, 2.05) is 0 Å². The molecule has 5 aliphatic heterocycles. The molecule has 378 valence electrons. The molecule has 5 rings (SSSR count). The quantitative estimate of drug-likeness (QED) is 0.0643. The highest BCUT2D eigenvalue weighted by molar-refractivity contribution is 5.76. The van der Waals surface area contributed by atoms with E-state index in [0.29, 0.717) is 0 Å². The SMILES string of the molecule is CC(=O)N[C@H]1[C@H](O[C@@H]2[C@H](O[C@]3(C(=O)O)C[C@H](O)[C@@H](O)[C@H]([C@H](O)[C@H](O)CO)O3)[C@@H](O)[C@H](O[C@H]3[C@H](O)[C@@H](O)[C@H](O)O[C@@H]3CO)O[C@@H]2CO)O[C@H](CO)[C@@H](O)[C@@H]1O[C@@H]1O[C@H](CO)[C@H](O)[C@H](O)[C@H]1O. The van der Waals surface area contributed by atoms with Crippen LogP contribution in [0, 0.1) is 0 Å². The molecule has 1 amide bonds. The van der Waals surface area contributed by atoms with Crippen LogP contribution in [0.25, 0.3) is 0 Å². The lowest BCUT2D eigenvalue weighted by Gasteiger charge is -2.52. The number of rotatable bonds is 17. The third-order valence-corrected chi connectivity index (χ3v) is 11.7. The molecule has 30 heteroatoms. The first kappa shape index (κ1) is 53.8. The van der Waals surface area contributed by atoms with Crippen LogP contribution in [0.2, 0.25) is 0 Å². The molecule has 0 spiro atoms. The van der Waals surface area contributed by atoms with Gasteiger partial charge in [-0.1, -0.05) is 0 Å². The van der Waals surface area contributed by atoms with Crippen molar-refractivity contribution in [2.45, 2.75) is 172 Å². The number of hydrogen-bond acceptors (Lipinski definition) is 28. The first-order valence-corrected chi connectivity index (χ1v) is 20.2. The molecule has 0 radical (unpaired) electrons. The van der Waals surface area contributed by atoms with Gasteiger partial charge < -0.3 is 140 Å². The van der Waals surface area contributed by atoms with Crippen molar-refractivity contribution >= 4 is 11.9 Å². The Morgan fingerprint density at radius 2 is 1.12 bits per heavy atom. The Morgan fingerprint density at radius 3 is 1.69 bits per heavy atom. The van der Waals surface area contributed by atoms with Gasteiger partial charge in [0.25, 0.3) is 5.79 Å². The summed E-state index contributed by atoms with van der Waals surface area (Å²) >= 11 is 0. The predicted molar refractivity (Wildman–Crippen MR) is 195 cm³/mol. The van der Waals surface area contributed by atoms with E-state index in [9.17, 15) is 102 Å². The third-order valence-electron chi connectivity index (χ3n) is 11.7. The van der Waals surface area contributed by atoms with E-state index in [4.69, 9.17) is 42.6 Å². The lowest BCUT2D eigenvalue weighted by Crippen LogP contribution is -2.71. The maximum Gasteiger partial charge on any atom is 0.364 e. The molecule has 0 aromatic heterocycles. The van der Waals surface area contributed by atoms with Gasteiger partial charge in [-0.2, -0.15) is 0 Å². The molecule has 30 nitrogen and oxygen atoms in total. The van der Waals surface area contributed by atoms with E-state index in [1.165, 1.54) is 0 Å². The van der Waals surface area contributed by atoms with Crippen molar-refractivity contribution < 1.29 is 144 Å². The van der Waals surface area contributed by atoms with Gasteiger partial charge in [-0.05, 0) is 0 Å². The molecule has 26 atom stereocenters. The van der Waals surface area contributed by atoms with Crippen molar-refractivity contribution in [1.82, 2.24) is 5.32 Å². The molecule has 65 heavy (non-hydrogen) atoms. The van der Waals surface area contributed by atoms with Crippen molar-refractivity contribution in [1.29, 1.82) is 0 Å². The number of ether oxygens (including phenoxy) is 9. The van der Waals surface area contributed by atoms with E-state index in [0.717, 1.165) is 6.92 Å². The number of carboxylic acid groups (broad SMARTS) is 1. The van der Waals surface area contributed by atoms with Gasteiger partial charge in [0.2, 0.25) is 5.91 Å². The zero-order chi connectivity index (χ0) is 48.4. The molecule has 0 aromatic carbocycles. The second kappa shape index (κ2) is 22.5. The van der Waals surface area contributed by atoms with E-state index < -0.39 is 210 Å². The van der Waals surface area contributed by atoms with Crippen LogP contribution in [0.15, 0.2) is 0 Å². The molecule has 0 unspecified atom stereocenters. The zero-order valence-electron chi connectivity index (χ0n) is 34.2. The molecular formula is C35H59NO29. The normalized spacial score (nSPS) is 48.3. The Kier molecular flexibility index (Phi) is 18.7. The fourth-order valence-electron chi connectivity index (χ4n) is 8.10. The lowest BCUT2D eigenvalue weighted by molar-refractivity contribution is -0.405. The topological polar surface area (TPSA) is 493 Å². The van der Waals surface area contributed by atoms with Crippen LogP contribution in [-0.2, 0) is 52.2 Å². The number of carboxylic acids is 1. The highest BCUT2D eigenvalue weighted by Crippen LogP contribution is 2.40. The maximum atomic E-state index is 13.2. The minimum absolute atomic E-state index is 0.911. The van der Waals surface area contributed by atoms with Crippen molar-refractivity contribution in [2.24, 2.45) is 0 Å². The Hall–Kier alpha value is -2.10. The van der Waals surface area contributed by atoms with Gasteiger partial charge in [0.15, 0.2) is 25.2 Å². The molecule has 0 bridgehead atoms. The summed E-state index contributed by atoms with van der Waals surface area (Å²) < 4.78 is 51.1. The number of aliphatic hydroxyl groups excluding tert-OH is 17. The van der Waals surface area contributed by atoms with E-state index >= 15 is 0 Å². The average Bonchev–Trinajstić information content (AvgIpc) is 3.27. The largest absolute Gasteiger partial charge is 0.477 e. The molecule has 19 N–H and O–H groups in total. The minimum atomic E-state index is -3.32. The van der Waals surface area contributed by atoms with Gasteiger partial charge >= 0.3 is 5.97 Å². The summed E-state index contributed by atoms with van der Waals surface area (Å²) in [4.78, 5) is 25.8. The van der Waals surface area contributed by atoms with E-state index in [2.05, 4.69) is 5.32 Å². The fourth-order valence-corrected chi connectivity index (χ4v) is 8.10. The van der Waals surface area contributed by atoms with Crippen LogP contribution in [0.4, 0.5) is 0 Å². The summed E-state index contributed by atoms with van der Waals surface area (Å²) in [5, 5.41) is 191. The highest BCUT2D eigenvalue weighted by Gasteiger charge is 2.61. The van der Waals surface area contributed by atoms with Crippen LogP contribution in [0.1, 0.15) is 13.3 Å². The van der Waals surface area contributed by atoms with Crippen LogP contribution >= 0.6 is 0 Å².